The molecule has 2 amide bonds. The molecule has 1 aromatic carbocycles. The highest BCUT2D eigenvalue weighted by molar-refractivity contribution is 5.91. The van der Waals surface area contributed by atoms with Crippen LogP contribution in [-0.4, -0.2) is 18.7 Å². The Morgan fingerprint density at radius 3 is 2.41 bits per heavy atom. The lowest BCUT2D eigenvalue weighted by molar-refractivity contribution is -0.137. The van der Waals surface area contributed by atoms with Gasteiger partial charge in [0.15, 0.2) is 0 Å². The molecule has 0 spiro atoms. The van der Waals surface area contributed by atoms with E-state index in [1.165, 1.54) is 6.07 Å². The van der Waals surface area contributed by atoms with Crippen LogP contribution in [0.1, 0.15) is 33.3 Å². The quantitative estimate of drug-likeness (QED) is 0.852. The maximum Gasteiger partial charge on any atom is 0.416 e. The number of anilines is 1. The molecule has 0 aromatic heterocycles. The van der Waals surface area contributed by atoms with Gasteiger partial charge in [-0.3, -0.25) is 0 Å². The Balaban J connectivity index is 2.97. The fourth-order valence-electron chi connectivity index (χ4n) is 1.62. The van der Waals surface area contributed by atoms with Crippen LogP contribution in [0.25, 0.3) is 0 Å². The molecule has 1 atom stereocenters. The van der Waals surface area contributed by atoms with Gasteiger partial charge in [-0.25, -0.2) is 4.79 Å². The summed E-state index contributed by atoms with van der Waals surface area (Å²) in [5.41, 5.74) is -0.853. The minimum atomic E-state index is -4.48. The van der Waals surface area contributed by atoms with Crippen molar-refractivity contribution < 1.29 is 22.7 Å². The van der Waals surface area contributed by atoms with E-state index in [4.69, 9.17) is 4.74 Å². The number of amides is 2. The molecule has 4 nitrogen and oxygen atoms in total. The first-order valence-electron chi connectivity index (χ1n) is 7.06. The van der Waals surface area contributed by atoms with Crippen molar-refractivity contribution in [1.82, 2.24) is 5.32 Å². The molecule has 0 bridgehead atoms. The van der Waals surface area contributed by atoms with Crippen molar-refractivity contribution in [2.45, 2.75) is 39.9 Å². The molecule has 22 heavy (non-hydrogen) atoms. The van der Waals surface area contributed by atoms with E-state index in [0.717, 1.165) is 12.1 Å². The zero-order valence-electron chi connectivity index (χ0n) is 13.0. The summed E-state index contributed by atoms with van der Waals surface area (Å²) in [5, 5.41) is 5.09. The highest BCUT2D eigenvalue weighted by Crippen LogP contribution is 2.35. The molecule has 0 saturated heterocycles. The van der Waals surface area contributed by atoms with E-state index >= 15 is 0 Å². The number of hydrogen-bond donors (Lipinski definition) is 2. The Morgan fingerprint density at radius 2 is 1.91 bits per heavy atom. The number of urea groups is 1. The third-order valence-corrected chi connectivity index (χ3v) is 3.21. The van der Waals surface area contributed by atoms with Crippen LogP contribution in [0.4, 0.5) is 23.7 Å². The number of carbonyl (C=O) groups is 1. The smallest absolute Gasteiger partial charge is 0.416 e. The maximum absolute atomic E-state index is 12.8. The molecule has 2 N–H and O–H groups in total. The maximum atomic E-state index is 12.8. The molecule has 0 heterocycles. The van der Waals surface area contributed by atoms with E-state index in [1.807, 2.05) is 20.8 Å². The molecule has 1 unspecified atom stereocenters. The first kappa shape index (κ1) is 18.1. The van der Waals surface area contributed by atoms with Crippen LogP contribution in [0.2, 0.25) is 0 Å². The van der Waals surface area contributed by atoms with Crippen LogP contribution in [0, 0.1) is 5.92 Å². The predicted octanol–water partition coefficient (Wildman–Crippen LogP) is 4.27. The fourth-order valence-corrected chi connectivity index (χ4v) is 1.62. The Labute approximate surface area is 128 Å². The van der Waals surface area contributed by atoms with Gasteiger partial charge in [-0.15, -0.1) is 0 Å². The van der Waals surface area contributed by atoms with Crippen molar-refractivity contribution in [2.24, 2.45) is 5.92 Å². The van der Waals surface area contributed by atoms with Crippen molar-refractivity contribution >= 4 is 11.7 Å². The van der Waals surface area contributed by atoms with Crippen LogP contribution in [0.5, 0.6) is 5.75 Å². The number of carbonyl (C=O) groups excluding carboxylic acids is 1. The summed E-state index contributed by atoms with van der Waals surface area (Å²) in [6, 6.07) is 2.31. The third-order valence-electron chi connectivity index (χ3n) is 3.21. The fraction of sp³-hybridized carbons (Fsp3) is 0.533. The normalized spacial score (nSPS) is 12.9. The Morgan fingerprint density at radius 1 is 1.27 bits per heavy atom. The molecule has 124 valence electrons. The number of halogens is 3. The van der Waals surface area contributed by atoms with Gasteiger partial charge in [-0.1, -0.05) is 13.8 Å². The molecular formula is C15H21F3N2O2. The summed E-state index contributed by atoms with van der Waals surface area (Å²) in [4.78, 5) is 11.9. The summed E-state index contributed by atoms with van der Waals surface area (Å²) in [6.45, 7) is 7.67. The second kappa shape index (κ2) is 7.38. The zero-order valence-corrected chi connectivity index (χ0v) is 13.0. The molecule has 0 aliphatic rings. The third kappa shape index (κ3) is 5.13. The Hall–Kier alpha value is -1.92. The van der Waals surface area contributed by atoms with Gasteiger partial charge < -0.3 is 15.4 Å². The standard InChI is InChI=1S/C15H21F3N2O2/c1-5-22-13-7-6-11(15(16,17)18)8-12(13)20-14(21)19-10(4)9(2)3/h6-10H,5H2,1-4H3,(H2,19,20,21). The zero-order chi connectivity index (χ0) is 16.9. The average molecular weight is 318 g/mol. The number of rotatable bonds is 5. The second-order valence-electron chi connectivity index (χ2n) is 5.27. The summed E-state index contributed by atoms with van der Waals surface area (Å²) in [6.07, 6.45) is -4.48. The number of ether oxygens (including phenoxy) is 1. The number of nitrogens with one attached hydrogen (secondary N) is 2. The van der Waals surface area contributed by atoms with Gasteiger partial charge in [-0.05, 0) is 38.0 Å². The monoisotopic (exact) mass is 318 g/mol. The van der Waals surface area contributed by atoms with Gasteiger partial charge in [-0.2, -0.15) is 13.2 Å². The molecule has 0 saturated carbocycles. The van der Waals surface area contributed by atoms with Crippen molar-refractivity contribution in [3.05, 3.63) is 23.8 Å². The lowest BCUT2D eigenvalue weighted by Gasteiger charge is -2.19. The van der Waals surface area contributed by atoms with Crippen LogP contribution in [0.3, 0.4) is 0 Å². The Kier molecular flexibility index (Phi) is 6.08. The summed E-state index contributed by atoms with van der Waals surface area (Å²) < 4.78 is 43.6. The van der Waals surface area contributed by atoms with E-state index in [0.29, 0.717) is 0 Å². The molecule has 0 aliphatic heterocycles. The molecule has 1 aromatic rings. The molecular weight excluding hydrogens is 297 g/mol. The van der Waals surface area contributed by atoms with Crippen LogP contribution in [-0.2, 0) is 6.18 Å². The summed E-state index contributed by atoms with van der Waals surface area (Å²) in [5.74, 6) is 0.404. The van der Waals surface area contributed by atoms with Gasteiger partial charge in [0.1, 0.15) is 5.75 Å². The lowest BCUT2D eigenvalue weighted by atomic mass is 10.1. The SMILES string of the molecule is CCOc1ccc(C(F)(F)F)cc1NC(=O)NC(C)C(C)C. The van der Waals surface area contributed by atoms with E-state index in [-0.39, 0.29) is 30.0 Å². The largest absolute Gasteiger partial charge is 0.492 e. The summed E-state index contributed by atoms with van der Waals surface area (Å²) in [7, 11) is 0. The number of hydrogen-bond acceptors (Lipinski definition) is 2. The number of alkyl halides is 3. The van der Waals surface area contributed by atoms with Crippen molar-refractivity contribution in [3.8, 4) is 5.75 Å². The molecule has 0 aliphatic carbocycles. The van der Waals surface area contributed by atoms with Crippen LogP contribution in [0.15, 0.2) is 18.2 Å². The van der Waals surface area contributed by atoms with Gasteiger partial charge in [0, 0.05) is 6.04 Å². The molecule has 1 rings (SSSR count). The second-order valence-corrected chi connectivity index (χ2v) is 5.27. The van der Waals surface area contributed by atoms with Gasteiger partial charge in [0.05, 0.1) is 17.9 Å². The van der Waals surface area contributed by atoms with Crippen molar-refractivity contribution in [3.63, 3.8) is 0 Å². The van der Waals surface area contributed by atoms with Gasteiger partial charge in [0.2, 0.25) is 0 Å². The van der Waals surface area contributed by atoms with E-state index in [9.17, 15) is 18.0 Å². The van der Waals surface area contributed by atoms with Crippen molar-refractivity contribution in [2.75, 3.05) is 11.9 Å². The number of benzene rings is 1. The minimum Gasteiger partial charge on any atom is -0.492 e. The van der Waals surface area contributed by atoms with Gasteiger partial charge >= 0.3 is 12.2 Å². The molecule has 0 radical (unpaired) electrons. The van der Waals surface area contributed by atoms with E-state index < -0.39 is 17.8 Å². The lowest BCUT2D eigenvalue weighted by Crippen LogP contribution is -2.39. The Bertz CT molecular complexity index is 516. The predicted molar refractivity (Wildman–Crippen MR) is 79.1 cm³/mol. The highest BCUT2D eigenvalue weighted by Gasteiger charge is 2.31. The highest BCUT2D eigenvalue weighted by atomic mass is 19.4. The van der Waals surface area contributed by atoms with Crippen molar-refractivity contribution in [1.29, 1.82) is 0 Å². The topological polar surface area (TPSA) is 50.4 Å². The average Bonchev–Trinajstić information content (AvgIpc) is 2.39. The minimum absolute atomic E-state index is 0.00914. The van der Waals surface area contributed by atoms with E-state index in [2.05, 4.69) is 10.6 Å². The van der Waals surface area contributed by atoms with Crippen LogP contribution >= 0.6 is 0 Å². The first-order chi connectivity index (χ1) is 10.1. The van der Waals surface area contributed by atoms with E-state index in [1.54, 1.807) is 6.92 Å². The summed E-state index contributed by atoms with van der Waals surface area (Å²) >= 11 is 0. The molecule has 7 heteroatoms. The molecule has 0 fully saturated rings. The van der Waals surface area contributed by atoms with Crippen LogP contribution < -0.4 is 15.4 Å². The first-order valence-corrected chi connectivity index (χ1v) is 7.06. The van der Waals surface area contributed by atoms with Gasteiger partial charge in [0.25, 0.3) is 0 Å².